The SMILES string of the molecule is CSCCC(C)N(C)S(=O)(=O)c1c(CN)n[nH]c1C. The van der Waals surface area contributed by atoms with Gasteiger partial charge in [-0.05, 0) is 32.3 Å². The first-order valence-corrected chi connectivity index (χ1v) is 8.90. The molecule has 0 aliphatic heterocycles. The zero-order valence-corrected chi connectivity index (χ0v) is 13.4. The van der Waals surface area contributed by atoms with Crippen LogP contribution in [0.25, 0.3) is 0 Å². The van der Waals surface area contributed by atoms with Crippen LogP contribution in [0.3, 0.4) is 0 Å². The Morgan fingerprint density at radius 2 is 2.16 bits per heavy atom. The molecule has 0 aliphatic rings. The van der Waals surface area contributed by atoms with Crippen molar-refractivity contribution in [1.29, 1.82) is 0 Å². The Morgan fingerprint density at radius 3 is 2.68 bits per heavy atom. The molecule has 1 atom stereocenters. The van der Waals surface area contributed by atoms with E-state index in [1.807, 2.05) is 13.2 Å². The van der Waals surface area contributed by atoms with Crippen molar-refractivity contribution in [2.24, 2.45) is 5.73 Å². The van der Waals surface area contributed by atoms with Gasteiger partial charge < -0.3 is 5.73 Å². The third kappa shape index (κ3) is 3.50. The molecule has 0 aliphatic carbocycles. The van der Waals surface area contributed by atoms with Crippen LogP contribution in [0.2, 0.25) is 0 Å². The van der Waals surface area contributed by atoms with Gasteiger partial charge in [0.2, 0.25) is 10.0 Å². The second-order valence-corrected chi connectivity index (χ2v) is 7.40. The minimum atomic E-state index is -3.55. The smallest absolute Gasteiger partial charge is 0.246 e. The summed E-state index contributed by atoms with van der Waals surface area (Å²) in [6, 6.07) is -0.0580. The molecule has 1 heterocycles. The van der Waals surface area contributed by atoms with Gasteiger partial charge in [0, 0.05) is 19.6 Å². The summed E-state index contributed by atoms with van der Waals surface area (Å²) < 4.78 is 26.6. The average Bonchev–Trinajstić information content (AvgIpc) is 2.76. The van der Waals surface area contributed by atoms with Crippen molar-refractivity contribution in [2.45, 2.75) is 37.8 Å². The van der Waals surface area contributed by atoms with Crippen molar-refractivity contribution in [3.63, 3.8) is 0 Å². The third-order valence-electron chi connectivity index (χ3n) is 3.15. The summed E-state index contributed by atoms with van der Waals surface area (Å²) in [4.78, 5) is 0.216. The topological polar surface area (TPSA) is 92.1 Å². The minimum absolute atomic E-state index is 0.0580. The van der Waals surface area contributed by atoms with Crippen LogP contribution >= 0.6 is 11.8 Å². The molecule has 0 amide bonds. The summed E-state index contributed by atoms with van der Waals surface area (Å²) in [5.41, 5.74) is 6.47. The van der Waals surface area contributed by atoms with Gasteiger partial charge in [-0.2, -0.15) is 21.2 Å². The normalized spacial score (nSPS) is 14.0. The first-order chi connectivity index (χ1) is 8.86. The van der Waals surface area contributed by atoms with Gasteiger partial charge in [-0.3, -0.25) is 5.10 Å². The Kier molecular flexibility index (Phi) is 5.84. The maximum absolute atomic E-state index is 12.6. The summed E-state index contributed by atoms with van der Waals surface area (Å²) in [6.07, 6.45) is 2.82. The van der Waals surface area contributed by atoms with Crippen LogP contribution in [0.4, 0.5) is 0 Å². The number of nitrogens with one attached hydrogen (secondary N) is 1. The number of hydrogen-bond acceptors (Lipinski definition) is 5. The molecule has 19 heavy (non-hydrogen) atoms. The molecule has 0 spiro atoms. The molecule has 0 aromatic carbocycles. The van der Waals surface area contributed by atoms with Crippen LogP contribution < -0.4 is 5.73 Å². The standard InChI is InChI=1S/C11H22N4O2S2/c1-8(5-6-18-4)15(3)19(16,17)11-9(2)13-14-10(11)7-12/h8H,5-7,12H2,1-4H3,(H,13,14). The van der Waals surface area contributed by atoms with Gasteiger partial charge >= 0.3 is 0 Å². The second kappa shape index (κ2) is 6.74. The second-order valence-electron chi connectivity index (χ2n) is 4.48. The number of sulfonamides is 1. The van der Waals surface area contributed by atoms with Crippen LogP contribution in [0.15, 0.2) is 4.90 Å². The molecule has 0 saturated carbocycles. The number of H-pyrrole nitrogens is 1. The quantitative estimate of drug-likeness (QED) is 0.782. The number of nitrogens with two attached hydrogens (primary N) is 1. The van der Waals surface area contributed by atoms with Gasteiger partial charge in [0.15, 0.2) is 0 Å². The van der Waals surface area contributed by atoms with Crippen LogP contribution in [0.1, 0.15) is 24.7 Å². The van der Waals surface area contributed by atoms with E-state index >= 15 is 0 Å². The highest BCUT2D eigenvalue weighted by Crippen LogP contribution is 2.23. The summed E-state index contributed by atoms with van der Waals surface area (Å²) in [5, 5.41) is 6.64. The Morgan fingerprint density at radius 1 is 1.53 bits per heavy atom. The zero-order chi connectivity index (χ0) is 14.6. The van der Waals surface area contributed by atoms with E-state index in [9.17, 15) is 8.42 Å². The predicted octanol–water partition coefficient (Wildman–Crippen LogP) is 0.939. The molecule has 8 heteroatoms. The van der Waals surface area contributed by atoms with Crippen LogP contribution in [0.5, 0.6) is 0 Å². The fourth-order valence-electron chi connectivity index (χ4n) is 1.80. The number of thioether (sulfide) groups is 1. The lowest BCUT2D eigenvalue weighted by molar-refractivity contribution is 0.382. The molecule has 110 valence electrons. The maximum atomic E-state index is 12.6. The van der Waals surface area contributed by atoms with Gasteiger partial charge in [-0.1, -0.05) is 0 Å². The summed E-state index contributed by atoms with van der Waals surface area (Å²) in [7, 11) is -1.94. The van der Waals surface area contributed by atoms with E-state index in [1.54, 1.807) is 25.7 Å². The van der Waals surface area contributed by atoms with Crippen molar-refractivity contribution in [1.82, 2.24) is 14.5 Å². The molecule has 6 nitrogen and oxygen atoms in total. The van der Waals surface area contributed by atoms with Crippen molar-refractivity contribution >= 4 is 21.8 Å². The largest absolute Gasteiger partial charge is 0.325 e. The maximum Gasteiger partial charge on any atom is 0.246 e. The van der Waals surface area contributed by atoms with Crippen molar-refractivity contribution < 1.29 is 8.42 Å². The molecule has 0 bridgehead atoms. The Bertz CT molecular complexity index is 513. The van der Waals surface area contributed by atoms with Gasteiger partial charge in [0.1, 0.15) is 4.90 Å². The number of hydrogen-bond donors (Lipinski definition) is 2. The van der Waals surface area contributed by atoms with Crippen molar-refractivity contribution in [2.75, 3.05) is 19.1 Å². The van der Waals surface area contributed by atoms with Gasteiger partial charge in [0.25, 0.3) is 0 Å². The molecular formula is C11H22N4O2S2. The van der Waals surface area contributed by atoms with E-state index in [2.05, 4.69) is 10.2 Å². The fourth-order valence-corrected chi connectivity index (χ4v) is 4.10. The lowest BCUT2D eigenvalue weighted by Crippen LogP contribution is -2.36. The fraction of sp³-hybridized carbons (Fsp3) is 0.727. The molecule has 0 fully saturated rings. The third-order valence-corrected chi connectivity index (χ3v) is 5.97. The predicted molar refractivity (Wildman–Crippen MR) is 78.6 cm³/mol. The van der Waals surface area contributed by atoms with Gasteiger partial charge in [-0.25, -0.2) is 8.42 Å². The number of aromatic nitrogens is 2. The number of aryl methyl sites for hydroxylation is 1. The zero-order valence-electron chi connectivity index (χ0n) is 11.8. The number of aromatic amines is 1. The first kappa shape index (κ1) is 16.5. The highest BCUT2D eigenvalue weighted by atomic mass is 32.2. The first-order valence-electron chi connectivity index (χ1n) is 6.07. The van der Waals surface area contributed by atoms with E-state index in [-0.39, 0.29) is 17.5 Å². The molecule has 0 saturated heterocycles. The van der Waals surface area contributed by atoms with Crippen LogP contribution in [-0.4, -0.2) is 48.0 Å². The molecular weight excluding hydrogens is 284 g/mol. The average molecular weight is 306 g/mol. The summed E-state index contributed by atoms with van der Waals surface area (Å²) in [5.74, 6) is 0.926. The highest BCUT2D eigenvalue weighted by Gasteiger charge is 2.30. The van der Waals surface area contributed by atoms with Crippen molar-refractivity contribution in [3.05, 3.63) is 11.4 Å². The van der Waals surface area contributed by atoms with Crippen LogP contribution in [-0.2, 0) is 16.6 Å². The Hall–Kier alpha value is -0.570. The monoisotopic (exact) mass is 306 g/mol. The lowest BCUT2D eigenvalue weighted by atomic mass is 10.3. The minimum Gasteiger partial charge on any atom is -0.325 e. The van der Waals surface area contributed by atoms with E-state index in [4.69, 9.17) is 5.73 Å². The van der Waals surface area contributed by atoms with E-state index in [1.165, 1.54) is 4.31 Å². The van der Waals surface area contributed by atoms with Gasteiger partial charge in [-0.15, -0.1) is 0 Å². The molecule has 3 N–H and O–H groups in total. The van der Waals surface area contributed by atoms with E-state index in [0.717, 1.165) is 12.2 Å². The van der Waals surface area contributed by atoms with E-state index in [0.29, 0.717) is 11.4 Å². The van der Waals surface area contributed by atoms with Crippen LogP contribution in [0, 0.1) is 6.92 Å². The molecule has 1 aromatic rings. The summed E-state index contributed by atoms with van der Waals surface area (Å²) in [6.45, 7) is 3.71. The summed E-state index contributed by atoms with van der Waals surface area (Å²) >= 11 is 1.71. The number of rotatable bonds is 7. The lowest BCUT2D eigenvalue weighted by Gasteiger charge is -2.24. The Labute approximate surface area is 119 Å². The van der Waals surface area contributed by atoms with E-state index < -0.39 is 10.0 Å². The van der Waals surface area contributed by atoms with Crippen molar-refractivity contribution in [3.8, 4) is 0 Å². The molecule has 1 unspecified atom stereocenters. The Balaban J connectivity index is 3.06. The molecule has 0 radical (unpaired) electrons. The number of nitrogens with zero attached hydrogens (tertiary/aromatic N) is 2. The molecule has 1 rings (SSSR count). The molecule has 1 aromatic heterocycles. The van der Waals surface area contributed by atoms with Gasteiger partial charge in [0.05, 0.1) is 11.4 Å². The highest BCUT2D eigenvalue weighted by molar-refractivity contribution is 7.98.